The first-order valence-corrected chi connectivity index (χ1v) is 24.5. The van der Waals surface area contributed by atoms with Crippen LogP contribution >= 0.6 is 0 Å². The van der Waals surface area contributed by atoms with Crippen LogP contribution in [0.25, 0.3) is 0 Å². The molecule has 0 fully saturated rings. The molecule has 0 amide bonds. The fraction of sp³-hybridized carbons (Fsp3) is 1.00. The van der Waals surface area contributed by atoms with Gasteiger partial charge in [-0.25, -0.2) is 0 Å². The summed E-state index contributed by atoms with van der Waals surface area (Å²) in [6.45, 7) is 14.0. The predicted octanol–water partition coefficient (Wildman–Crippen LogP) is 9.29. The summed E-state index contributed by atoms with van der Waals surface area (Å²) in [7, 11) is 0. The van der Waals surface area contributed by atoms with E-state index in [0.29, 0.717) is 0 Å². The van der Waals surface area contributed by atoms with Crippen molar-refractivity contribution in [1.82, 2.24) is 0 Å². The van der Waals surface area contributed by atoms with Gasteiger partial charge >= 0.3 is 185 Å². The Hall–Kier alpha value is 2.13. The van der Waals surface area contributed by atoms with E-state index >= 15 is 0 Å². The standard InChI is InChI=1S/6C4H9.Mo.4O.2Sn/c6*1-3-4-2;;;;;;;/h6*1,3-4H2,2H3;;;;;;;/q;;;;;;;4*-2;2*+1. The van der Waals surface area contributed by atoms with Crippen molar-refractivity contribution in [2.24, 2.45) is 0 Å². The SMILES string of the molecule is CCC[CH2][Sn+]([CH2]CCC)[CH2]CCC.CCC[CH2][Sn+]([CH2]CCC)[CH2]CCC.[Mo].[O-2].[O-2].[O-2].[O-2]. The van der Waals surface area contributed by atoms with Crippen LogP contribution in [0.4, 0.5) is 0 Å². The van der Waals surface area contributed by atoms with Crippen LogP contribution in [0.1, 0.15) is 119 Å². The summed E-state index contributed by atoms with van der Waals surface area (Å²) in [6.07, 6.45) is 17.7. The van der Waals surface area contributed by atoms with Gasteiger partial charge < -0.3 is 21.9 Å². The second kappa shape index (κ2) is 45.6. The Morgan fingerprint density at radius 1 is 0.323 bits per heavy atom. The van der Waals surface area contributed by atoms with Crippen LogP contribution in [0.3, 0.4) is 0 Å². The molecule has 0 radical (unpaired) electrons. The summed E-state index contributed by atoms with van der Waals surface area (Å²) >= 11 is -1.68. The molecular formula is C24H54MoO4Sn2-6. The molecule has 0 aliphatic rings. The van der Waals surface area contributed by atoms with E-state index in [1.807, 2.05) is 0 Å². The molecule has 0 aliphatic carbocycles. The van der Waals surface area contributed by atoms with Crippen LogP contribution in [0.15, 0.2) is 0 Å². The van der Waals surface area contributed by atoms with E-state index in [9.17, 15) is 0 Å². The smallest absolute Gasteiger partial charge is 0 e. The van der Waals surface area contributed by atoms with Crippen molar-refractivity contribution in [2.45, 2.75) is 145 Å². The van der Waals surface area contributed by atoms with Gasteiger partial charge in [0.15, 0.2) is 0 Å². The van der Waals surface area contributed by atoms with Gasteiger partial charge in [-0.15, -0.1) is 0 Å². The molecule has 0 rings (SSSR count). The van der Waals surface area contributed by atoms with Gasteiger partial charge in [0.1, 0.15) is 0 Å². The average Bonchev–Trinajstić information content (AvgIpc) is 2.67. The molecule has 0 aromatic heterocycles. The predicted molar refractivity (Wildman–Crippen MR) is 133 cm³/mol. The Morgan fingerprint density at radius 3 is 0.548 bits per heavy atom. The minimum absolute atomic E-state index is 0. The van der Waals surface area contributed by atoms with Crippen LogP contribution in [-0.4, -0.2) is 39.5 Å². The van der Waals surface area contributed by atoms with Crippen molar-refractivity contribution in [2.75, 3.05) is 0 Å². The van der Waals surface area contributed by atoms with Crippen molar-refractivity contribution in [3.8, 4) is 0 Å². The van der Waals surface area contributed by atoms with Gasteiger partial charge in [0.25, 0.3) is 0 Å². The first-order chi connectivity index (χ1) is 12.7. The summed E-state index contributed by atoms with van der Waals surface area (Å²) in [6, 6.07) is 0. The zero-order chi connectivity index (χ0) is 19.9. The van der Waals surface area contributed by atoms with Crippen molar-refractivity contribution < 1.29 is 43.0 Å². The largest absolute Gasteiger partial charge is 2.00 e. The van der Waals surface area contributed by atoms with Crippen molar-refractivity contribution >= 4 is 39.5 Å². The van der Waals surface area contributed by atoms with E-state index in [2.05, 4.69) is 41.5 Å². The van der Waals surface area contributed by atoms with Gasteiger partial charge in [0.2, 0.25) is 0 Å². The van der Waals surface area contributed by atoms with Gasteiger partial charge in [-0.3, -0.25) is 0 Å². The Morgan fingerprint density at radius 2 is 0.452 bits per heavy atom. The van der Waals surface area contributed by atoms with E-state index in [0.717, 1.165) is 0 Å². The van der Waals surface area contributed by atoms with Crippen LogP contribution < -0.4 is 0 Å². The molecule has 0 spiro atoms. The molecule has 7 heteroatoms. The molecule has 4 nitrogen and oxygen atoms in total. The minimum atomic E-state index is -0.839. The monoisotopic (exact) mass is 744 g/mol. The molecule has 31 heavy (non-hydrogen) atoms. The molecule has 0 aromatic carbocycles. The Kier molecular flexibility index (Phi) is 73.7. The third kappa shape index (κ3) is 42.7. The fourth-order valence-corrected chi connectivity index (χ4v) is 22.2. The average molecular weight is 740 g/mol. The molecule has 0 saturated carbocycles. The summed E-state index contributed by atoms with van der Waals surface area (Å²) < 4.78 is 10.1. The molecule has 0 heterocycles. The van der Waals surface area contributed by atoms with Crippen LogP contribution in [0.5, 0.6) is 0 Å². The first-order valence-electron chi connectivity index (χ1n) is 12.4. The maximum absolute atomic E-state index is 2.33. The van der Waals surface area contributed by atoms with Gasteiger partial charge in [-0.05, 0) is 0 Å². The summed E-state index contributed by atoms with van der Waals surface area (Å²) in [5.41, 5.74) is 0. The van der Waals surface area contributed by atoms with Crippen molar-refractivity contribution in [3.63, 3.8) is 0 Å². The number of hydrogen-bond donors (Lipinski definition) is 0. The second-order valence-electron chi connectivity index (χ2n) is 8.12. The van der Waals surface area contributed by atoms with Crippen LogP contribution in [0.2, 0.25) is 26.6 Å². The summed E-state index contributed by atoms with van der Waals surface area (Å²) in [5, 5.41) is 0. The number of rotatable bonds is 18. The zero-order valence-electron chi connectivity index (χ0n) is 21.8. The molecule has 0 aliphatic heterocycles. The van der Waals surface area contributed by atoms with Crippen molar-refractivity contribution in [1.29, 1.82) is 0 Å². The second-order valence-corrected chi connectivity index (χ2v) is 25.2. The fourth-order valence-electron chi connectivity index (χ4n) is 3.31. The molecular weight excluding hydrogens is 686 g/mol. The molecule has 194 valence electrons. The Balaban J connectivity index is -0.0000000640. The number of unbranched alkanes of at least 4 members (excludes halogenated alkanes) is 6. The van der Waals surface area contributed by atoms with Gasteiger partial charge in [0.05, 0.1) is 0 Å². The van der Waals surface area contributed by atoms with E-state index in [-0.39, 0.29) is 43.0 Å². The number of hydrogen-bond acceptors (Lipinski definition) is 0. The quantitative estimate of drug-likeness (QED) is 0.125. The van der Waals surface area contributed by atoms with Gasteiger partial charge in [-0.2, -0.15) is 0 Å². The minimum Gasteiger partial charge on any atom is -2.00 e. The molecule has 0 aromatic rings. The Labute approximate surface area is 225 Å². The molecule has 0 saturated heterocycles. The van der Waals surface area contributed by atoms with E-state index in [1.165, 1.54) is 77.0 Å². The van der Waals surface area contributed by atoms with Crippen LogP contribution in [0, 0.1) is 0 Å². The van der Waals surface area contributed by atoms with Crippen LogP contribution in [-0.2, 0) is 43.0 Å². The topological polar surface area (TPSA) is 114 Å². The van der Waals surface area contributed by atoms with E-state index in [1.54, 1.807) is 26.6 Å². The molecule has 0 unspecified atom stereocenters. The summed E-state index contributed by atoms with van der Waals surface area (Å²) in [4.78, 5) is 0. The molecule has 0 N–H and O–H groups in total. The third-order valence-electron chi connectivity index (χ3n) is 5.30. The van der Waals surface area contributed by atoms with E-state index in [4.69, 9.17) is 0 Å². The normalized spacial score (nSPS) is 8.71. The third-order valence-corrected chi connectivity index (χ3v) is 23.5. The first kappa shape index (κ1) is 50.1. The molecule has 0 bridgehead atoms. The summed E-state index contributed by atoms with van der Waals surface area (Å²) in [5.74, 6) is 0. The zero-order valence-corrected chi connectivity index (χ0v) is 29.5. The van der Waals surface area contributed by atoms with E-state index < -0.39 is 39.5 Å². The van der Waals surface area contributed by atoms with Crippen molar-refractivity contribution in [3.05, 3.63) is 0 Å². The Bertz CT molecular complexity index is 192. The maximum atomic E-state index is 2.33. The maximum Gasteiger partial charge on any atom is 0 e. The van der Waals surface area contributed by atoms with Gasteiger partial charge in [0, 0.05) is 21.1 Å². The molecule has 0 atom stereocenters. The van der Waals surface area contributed by atoms with Gasteiger partial charge in [-0.1, -0.05) is 0 Å².